The third-order valence-corrected chi connectivity index (χ3v) is 5.10. The summed E-state index contributed by atoms with van der Waals surface area (Å²) in [5, 5.41) is 15.2. The fraction of sp³-hybridized carbons (Fsp3) is 0.0526. The summed E-state index contributed by atoms with van der Waals surface area (Å²) in [4.78, 5) is 15.6. The molecule has 0 aliphatic carbocycles. The molecule has 0 saturated heterocycles. The highest BCUT2D eigenvalue weighted by Gasteiger charge is 2.27. The first kappa shape index (κ1) is 21.2. The predicted molar refractivity (Wildman–Crippen MR) is 105 cm³/mol. The van der Waals surface area contributed by atoms with E-state index >= 15 is 0 Å². The van der Waals surface area contributed by atoms with Crippen molar-refractivity contribution in [3.63, 3.8) is 0 Å². The van der Waals surface area contributed by atoms with Gasteiger partial charge in [-0.05, 0) is 48.5 Å². The van der Waals surface area contributed by atoms with Crippen LogP contribution in [0.25, 0.3) is 22.6 Å². The number of primary sulfonamides is 1. The summed E-state index contributed by atoms with van der Waals surface area (Å²) >= 11 is 0. The van der Waals surface area contributed by atoms with E-state index in [0.29, 0.717) is 11.1 Å². The van der Waals surface area contributed by atoms with E-state index in [0.717, 1.165) is 0 Å². The van der Waals surface area contributed by atoms with Gasteiger partial charge in [0.05, 0.1) is 4.90 Å². The van der Waals surface area contributed by atoms with E-state index in [2.05, 4.69) is 11.6 Å². The van der Waals surface area contributed by atoms with Gasteiger partial charge in [0.1, 0.15) is 11.5 Å². The largest absolute Gasteiger partial charge is 0.437 e. The van der Waals surface area contributed by atoms with Gasteiger partial charge in [0.15, 0.2) is 11.8 Å². The molecule has 30 heavy (non-hydrogen) atoms. The maximum Gasteiger partial charge on any atom is 0.339 e. The van der Waals surface area contributed by atoms with Crippen LogP contribution in [0, 0.1) is 5.82 Å². The summed E-state index contributed by atoms with van der Waals surface area (Å²) in [6.45, 7) is 3.54. The number of carbonyl (C=O) groups is 1. The van der Waals surface area contributed by atoms with Crippen molar-refractivity contribution in [1.82, 2.24) is 10.0 Å². The summed E-state index contributed by atoms with van der Waals surface area (Å²) < 4.78 is 42.1. The number of rotatable bonds is 6. The van der Waals surface area contributed by atoms with Gasteiger partial charge in [-0.2, -0.15) is 5.06 Å². The van der Waals surface area contributed by atoms with Gasteiger partial charge in [-0.3, -0.25) is 5.21 Å². The van der Waals surface area contributed by atoms with Crippen LogP contribution in [0.15, 0.2) is 70.5 Å². The number of sulfonamides is 1. The van der Waals surface area contributed by atoms with Crippen LogP contribution in [0.3, 0.4) is 0 Å². The van der Waals surface area contributed by atoms with Crippen molar-refractivity contribution in [2.75, 3.05) is 0 Å². The Kier molecular flexibility index (Phi) is 5.69. The van der Waals surface area contributed by atoms with Crippen molar-refractivity contribution in [2.45, 2.75) is 10.9 Å². The Morgan fingerprint density at radius 2 is 1.73 bits per heavy atom. The molecular formula is C19H17FN4O5S. The fourth-order valence-corrected chi connectivity index (χ4v) is 3.22. The molecule has 0 spiro atoms. The van der Waals surface area contributed by atoms with E-state index in [1.165, 1.54) is 54.6 Å². The van der Waals surface area contributed by atoms with Gasteiger partial charge in [0, 0.05) is 11.1 Å². The molecule has 11 heteroatoms. The number of nitrogens with zero attached hydrogens (tertiary/aromatic N) is 2. The van der Waals surface area contributed by atoms with Crippen molar-refractivity contribution < 1.29 is 27.2 Å². The molecule has 3 aromatic rings. The summed E-state index contributed by atoms with van der Waals surface area (Å²) in [5.41, 5.74) is 6.26. The molecule has 156 valence electrons. The monoisotopic (exact) mass is 432 g/mol. The van der Waals surface area contributed by atoms with Gasteiger partial charge in [-0.15, -0.1) is 6.58 Å². The Morgan fingerprint density at radius 3 is 2.23 bits per heavy atom. The number of hydrogen-bond acceptors (Lipinski definition) is 6. The van der Waals surface area contributed by atoms with Gasteiger partial charge < -0.3 is 10.2 Å². The molecule has 0 fully saturated rings. The Hall–Kier alpha value is -3.54. The first-order chi connectivity index (χ1) is 14.1. The first-order valence-corrected chi connectivity index (χ1v) is 9.96. The molecule has 5 N–H and O–H groups in total. The molecule has 0 bridgehead atoms. The van der Waals surface area contributed by atoms with Crippen LogP contribution in [-0.2, 0) is 10.0 Å². The van der Waals surface area contributed by atoms with Crippen LogP contribution in [0.2, 0.25) is 0 Å². The molecule has 9 nitrogen and oxygen atoms in total. The highest BCUT2D eigenvalue weighted by Crippen LogP contribution is 2.36. The van der Waals surface area contributed by atoms with Crippen LogP contribution >= 0.6 is 0 Å². The van der Waals surface area contributed by atoms with Gasteiger partial charge in [-0.1, -0.05) is 6.08 Å². The fourth-order valence-electron chi connectivity index (χ4n) is 2.70. The lowest BCUT2D eigenvalue weighted by Crippen LogP contribution is -2.35. The maximum atomic E-state index is 13.3. The SMILES string of the molecule is C=CC(c1nc(-c2ccc(F)cc2)c(-c2ccc(S(N)(=O)=O)cc2)o1)N(O)C(N)=O. The minimum atomic E-state index is -3.89. The summed E-state index contributed by atoms with van der Waals surface area (Å²) in [6, 6.07) is 8.51. The molecule has 1 aromatic heterocycles. The van der Waals surface area contributed by atoms with E-state index < -0.39 is 27.9 Å². The average Bonchev–Trinajstić information content (AvgIpc) is 3.13. The standard InChI is InChI=1S/C19H17FN4O5S/c1-2-15(24(26)19(21)25)18-23-16(11-3-7-13(20)8-4-11)17(29-18)12-5-9-14(10-6-12)30(22,27)28/h2-10,15,26H,1H2,(H2,21,25)(H2,22,27,28). The zero-order valence-electron chi connectivity index (χ0n) is 15.4. The summed E-state index contributed by atoms with van der Waals surface area (Å²) in [5.74, 6) is -0.390. The molecular weight excluding hydrogens is 415 g/mol. The van der Waals surface area contributed by atoms with E-state index in [-0.39, 0.29) is 27.3 Å². The third-order valence-electron chi connectivity index (χ3n) is 4.17. The summed E-state index contributed by atoms with van der Waals surface area (Å²) in [7, 11) is -3.89. The van der Waals surface area contributed by atoms with Crippen LogP contribution in [0.4, 0.5) is 9.18 Å². The number of hydrogen-bond donors (Lipinski definition) is 3. The molecule has 2 amide bonds. The van der Waals surface area contributed by atoms with Crippen molar-refractivity contribution in [3.05, 3.63) is 72.9 Å². The van der Waals surface area contributed by atoms with Crippen molar-refractivity contribution >= 4 is 16.1 Å². The van der Waals surface area contributed by atoms with E-state index in [1.54, 1.807) is 0 Å². The normalized spacial score (nSPS) is 12.4. The average molecular weight is 432 g/mol. The second-order valence-electron chi connectivity index (χ2n) is 6.17. The first-order valence-electron chi connectivity index (χ1n) is 8.42. The topological polar surface area (TPSA) is 153 Å². The van der Waals surface area contributed by atoms with Crippen LogP contribution < -0.4 is 10.9 Å². The molecule has 1 unspecified atom stereocenters. The minimum absolute atomic E-state index is 0.103. The number of nitrogens with two attached hydrogens (primary N) is 2. The van der Waals surface area contributed by atoms with Crippen LogP contribution in [-0.4, -0.2) is 29.7 Å². The van der Waals surface area contributed by atoms with Gasteiger partial charge in [-0.25, -0.2) is 27.7 Å². The maximum absolute atomic E-state index is 13.3. The zero-order valence-corrected chi connectivity index (χ0v) is 16.2. The smallest absolute Gasteiger partial charge is 0.339 e. The Morgan fingerprint density at radius 1 is 1.17 bits per heavy atom. The van der Waals surface area contributed by atoms with Gasteiger partial charge in [0.2, 0.25) is 15.9 Å². The number of aromatic nitrogens is 1. The molecule has 3 rings (SSSR count). The number of hydroxylamine groups is 2. The number of halogens is 1. The Balaban J connectivity index is 2.17. The Bertz CT molecular complexity index is 1190. The number of benzene rings is 2. The van der Waals surface area contributed by atoms with E-state index in [9.17, 15) is 22.8 Å². The van der Waals surface area contributed by atoms with Gasteiger partial charge in [0.25, 0.3) is 0 Å². The molecule has 1 atom stereocenters. The lowest BCUT2D eigenvalue weighted by molar-refractivity contribution is -0.0683. The quantitative estimate of drug-likeness (QED) is 0.309. The van der Waals surface area contributed by atoms with Crippen LogP contribution in [0.5, 0.6) is 0 Å². The van der Waals surface area contributed by atoms with Crippen molar-refractivity contribution in [1.29, 1.82) is 0 Å². The summed E-state index contributed by atoms with van der Waals surface area (Å²) in [6.07, 6.45) is 1.19. The third kappa shape index (κ3) is 4.22. The Labute approximate surface area is 171 Å². The van der Waals surface area contributed by atoms with Crippen molar-refractivity contribution in [2.24, 2.45) is 10.9 Å². The second-order valence-corrected chi connectivity index (χ2v) is 7.73. The zero-order chi connectivity index (χ0) is 22.1. The van der Waals surface area contributed by atoms with E-state index in [4.69, 9.17) is 15.3 Å². The number of oxazole rings is 1. The molecule has 0 saturated carbocycles. The number of urea groups is 1. The highest BCUT2D eigenvalue weighted by atomic mass is 32.2. The lowest BCUT2D eigenvalue weighted by Gasteiger charge is -2.17. The highest BCUT2D eigenvalue weighted by molar-refractivity contribution is 7.89. The second kappa shape index (κ2) is 8.06. The lowest BCUT2D eigenvalue weighted by atomic mass is 10.1. The molecule has 1 heterocycles. The van der Waals surface area contributed by atoms with Crippen LogP contribution in [0.1, 0.15) is 11.9 Å². The van der Waals surface area contributed by atoms with Crippen molar-refractivity contribution in [3.8, 4) is 22.6 Å². The predicted octanol–water partition coefficient (Wildman–Crippen LogP) is 2.79. The number of amides is 2. The van der Waals surface area contributed by atoms with Gasteiger partial charge >= 0.3 is 6.03 Å². The minimum Gasteiger partial charge on any atom is -0.437 e. The number of primary amides is 1. The molecule has 0 aliphatic heterocycles. The molecule has 0 radical (unpaired) electrons. The molecule has 2 aromatic carbocycles. The van der Waals surface area contributed by atoms with E-state index in [1.807, 2.05) is 0 Å². The molecule has 0 aliphatic rings. The number of carbonyl (C=O) groups excluding carboxylic acids is 1.